The van der Waals surface area contributed by atoms with Gasteiger partial charge in [-0.3, -0.25) is 0 Å². The van der Waals surface area contributed by atoms with Crippen LogP contribution < -0.4 is 5.32 Å². The van der Waals surface area contributed by atoms with Gasteiger partial charge in [0, 0.05) is 23.6 Å². The first-order chi connectivity index (χ1) is 12.5. The van der Waals surface area contributed by atoms with Crippen molar-refractivity contribution in [2.24, 2.45) is 0 Å². The van der Waals surface area contributed by atoms with E-state index in [-0.39, 0.29) is 12.3 Å². The minimum atomic E-state index is -1.38. The number of fused-ring (bicyclic) bond motifs is 1. The average Bonchev–Trinajstić information content (AvgIpc) is 3.00. The highest BCUT2D eigenvalue weighted by Gasteiger charge is 2.15. The lowest BCUT2D eigenvalue weighted by molar-refractivity contribution is 0.137. The van der Waals surface area contributed by atoms with Crippen molar-refractivity contribution >= 4 is 17.0 Å². The summed E-state index contributed by atoms with van der Waals surface area (Å²) in [7, 11) is 0. The Morgan fingerprint density at radius 3 is 2.73 bits per heavy atom. The third-order valence-corrected chi connectivity index (χ3v) is 3.90. The minimum Gasteiger partial charge on any atom is -0.508 e. The summed E-state index contributed by atoms with van der Waals surface area (Å²) in [4.78, 5) is 14.7. The Morgan fingerprint density at radius 1 is 1.15 bits per heavy atom. The number of aromatic nitrogens is 1. The molecule has 0 fully saturated rings. The number of carbonyl (C=O) groups excluding carboxylic acids is 1. The summed E-state index contributed by atoms with van der Waals surface area (Å²) in [6.45, 7) is -0.516. The third kappa shape index (κ3) is 3.74. The summed E-state index contributed by atoms with van der Waals surface area (Å²) >= 11 is 0. The molecular weight excluding hydrogens is 349 g/mol. The Labute approximate surface area is 146 Å². The number of phenolic OH excluding ortho intramolecular Hbond substituents is 1. The number of aromatic hydroxyl groups is 1. The quantitative estimate of drug-likeness (QED) is 0.604. The second-order valence-electron chi connectivity index (χ2n) is 5.62. The summed E-state index contributed by atoms with van der Waals surface area (Å²) < 4.78 is 44.7. The van der Waals surface area contributed by atoms with E-state index in [4.69, 9.17) is 4.74 Å². The van der Waals surface area contributed by atoms with Crippen LogP contribution in [0.3, 0.4) is 0 Å². The van der Waals surface area contributed by atoms with E-state index in [9.17, 15) is 23.1 Å². The zero-order valence-corrected chi connectivity index (χ0v) is 13.5. The van der Waals surface area contributed by atoms with Crippen LogP contribution in [0.4, 0.5) is 18.0 Å². The average molecular weight is 364 g/mol. The molecule has 5 nitrogen and oxygen atoms in total. The van der Waals surface area contributed by atoms with Gasteiger partial charge in [-0.25, -0.2) is 18.0 Å². The van der Waals surface area contributed by atoms with Gasteiger partial charge in [0.1, 0.15) is 18.2 Å². The monoisotopic (exact) mass is 364 g/mol. The van der Waals surface area contributed by atoms with Crippen molar-refractivity contribution < 1.29 is 27.8 Å². The molecule has 26 heavy (non-hydrogen) atoms. The molecular formula is C18H15F3N2O3. The molecule has 1 aromatic heterocycles. The van der Waals surface area contributed by atoms with Crippen molar-refractivity contribution in [3.05, 3.63) is 65.1 Å². The van der Waals surface area contributed by atoms with Crippen LogP contribution in [0.1, 0.15) is 11.1 Å². The van der Waals surface area contributed by atoms with E-state index < -0.39 is 35.7 Å². The van der Waals surface area contributed by atoms with Crippen molar-refractivity contribution in [2.45, 2.75) is 13.0 Å². The Balaban J connectivity index is 1.53. The smallest absolute Gasteiger partial charge is 0.407 e. The number of benzene rings is 2. The molecule has 0 spiro atoms. The molecule has 0 aliphatic carbocycles. The van der Waals surface area contributed by atoms with E-state index in [1.807, 2.05) is 0 Å². The Kier molecular flexibility index (Phi) is 5.01. The third-order valence-electron chi connectivity index (χ3n) is 3.90. The second-order valence-corrected chi connectivity index (χ2v) is 5.62. The van der Waals surface area contributed by atoms with Gasteiger partial charge in [-0.05, 0) is 42.3 Å². The summed E-state index contributed by atoms with van der Waals surface area (Å²) in [6.07, 6.45) is 1.33. The SMILES string of the molecule is O=C(NCCc1c[nH]c2ccc(O)cc12)OCc1c(F)ccc(F)c1F. The van der Waals surface area contributed by atoms with Gasteiger partial charge in [-0.2, -0.15) is 0 Å². The molecule has 3 aromatic rings. The molecule has 0 saturated carbocycles. The van der Waals surface area contributed by atoms with Gasteiger partial charge in [0.25, 0.3) is 0 Å². The molecule has 0 unspecified atom stereocenters. The van der Waals surface area contributed by atoms with E-state index in [0.717, 1.165) is 22.5 Å². The molecule has 0 bridgehead atoms. The first kappa shape index (κ1) is 17.7. The number of nitrogens with one attached hydrogen (secondary N) is 2. The molecule has 0 radical (unpaired) electrons. The van der Waals surface area contributed by atoms with Crippen molar-refractivity contribution in [1.29, 1.82) is 0 Å². The lowest BCUT2D eigenvalue weighted by Crippen LogP contribution is -2.26. The van der Waals surface area contributed by atoms with Crippen LogP contribution in [-0.4, -0.2) is 22.7 Å². The number of H-pyrrole nitrogens is 1. The number of halogens is 3. The molecule has 8 heteroatoms. The van der Waals surface area contributed by atoms with Crippen LogP contribution in [0, 0.1) is 17.5 Å². The fourth-order valence-electron chi connectivity index (χ4n) is 2.56. The number of hydrogen-bond acceptors (Lipinski definition) is 3. The molecule has 3 rings (SSSR count). The number of hydrogen-bond donors (Lipinski definition) is 3. The maximum atomic E-state index is 13.5. The number of aromatic amines is 1. The molecule has 136 valence electrons. The van der Waals surface area contributed by atoms with E-state index in [0.29, 0.717) is 12.5 Å². The number of rotatable bonds is 5. The van der Waals surface area contributed by atoms with Crippen molar-refractivity contribution in [2.75, 3.05) is 6.54 Å². The predicted octanol–water partition coefficient (Wildman–Crippen LogP) is 3.76. The van der Waals surface area contributed by atoms with E-state index in [1.165, 1.54) is 0 Å². The summed E-state index contributed by atoms with van der Waals surface area (Å²) in [5.74, 6) is -3.45. The standard InChI is InChI=1S/C18H15F3N2O3/c19-14-2-3-15(20)17(21)13(14)9-26-18(25)22-6-5-10-8-23-16-4-1-11(24)7-12(10)16/h1-4,7-8,23-24H,5-6,9H2,(H,22,25). The highest BCUT2D eigenvalue weighted by atomic mass is 19.2. The van der Waals surface area contributed by atoms with Crippen LogP contribution >= 0.6 is 0 Å². The fraction of sp³-hybridized carbons (Fsp3) is 0.167. The van der Waals surface area contributed by atoms with Gasteiger partial charge >= 0.3 is 6.09 Å². The fourth-order valence-corrected chi connectivity index (χ4v) is 2.56. The van der Waals surface area contributed by atoms with E-state index in [2.05, 4.69) is 10.3 Å². The van der Waals surface area contributed by atoms with Gasteiger partial charge < -0.3 is 20.1 Å². The molecule has 1 heterocycles. The molecule has 0 atom stereocenters. The highest BCUT2D eigenvalue weighted by molar-refractivity contribution is 5.84. The molecule has 0 saturated heterocycles. The van der Waals surface area contributed by atoms with Gasteiger partial charge in [-0.15, -0.1) is 0 Å². The topological polar surface area (TPSA) is 74.4 Å². The van der Waals surface area contributed by atoms with Crippen LogP contribution in [0.2, 0.25) is 0 Å². The molecule has 1 amide bonds. The van der Waals surface area contributed by atoms with Gasteiger partial charge in [0.15, 0.2) is 11.6 Å². The number of ether oxygens (including phenoxy) is 1. The van der Waals surface area contributed by atoms with Gasteiger partial charge in [-0.1, -0.05) is 0 Å². The Morgan fingerprint density at radius 2 is 1.92 bits per heavy atom. The number of amides is 1. The zero-order valence-electron chi connectivity index (χ0n) is 13.5. The van der Waals surface area contributed by atoms with Crippen molar-refractivity contribution in [3.63, 3.8) is 0 Å². The van der Waals surface area contributed by atoms with Crippen molar-refractivity contribution in [1.82, 2.24) is 10.3 Å². The van der Waals surface area contributed by atoms with Crippen LogP contribution in [0.5, 0.6) is 5.75 Å². The van der Waals surface area contributed by atoms with Crippen LogP contribution in [-0.2, 0) is 17.8 Å². The molecule has 0 aliphatic heterocycles. The molecule has 2 aromatic carbocycles. The van der Waals surface area contributed by atoms with Crippen LogP contribution in [0.25, 0.3) is 10.9 Å². The maximum absolute atomic E-state index is 13.5. The van der Waals surface area contributed by atoms with Crippen LogP contribution in [0.15, 0.2) is 36.5 Å². The molecule has 0 aliphatic rings. The lowest BCUT2D eigenvalue weighted by atomic mass is 10.1. The summed E-state index contributed by atoms with van der Waals surface area (Å²) in [5.41, 5.74) is 1.07. The number of carbonyl (C=O) groups is 1. The number of alkyl carbamates (subject to hydrolysis) is 1. The predicted molar refractivity (Wildman–Crippen MR) is 88.2 cm³/mol. The number of phenols is 1. The summed E-state index contributed by atoms with van der Waals surface area (Å²) in [5, 5.41) is 12.8. The zero-order chi connectivity index (χ0) is 18.7. The Hall–Kier alpha value is -3.16. The van der Waals surface area contributed by atoms with E-state index >= 15 is 0 Å². The maximum Gasteiger partial charge on any atom is 0.407 e. The largest absolute Gasteiger partial charge is 0.508 e. The first-order valence-electron chi connectivity index (χ1n) is 7.77. The molecule has 3 N–H and O–H groups in total. The normalized spacial score (nSPS) is 10.9. The van der Waals surface area contributed by atoms with Gasteiger partial charge in [0.05, 0.1) is 5.56 Å². The first-order valence-corrected chi connectivity index (χ1v) is 7.77. The van der Waals surface area contributed by atoms with Gasteiger partial charge in [0.2, 0.25) is 0 Å². The Bertz CT molecular complexity index is 956. The van der Waals surface area contributed by atoms with E-state index in [1.54, 1.807) is 24.4 Å². The second kappa shape index (κ2) is 7.38. The lowest BCUT2D eigenvalue weighted by Gasteiger charge is -2.09. The minimum absolute atomic E-state index is 0.130. The van der Waals surface area contributed by atoms with Crippen molar-refractivity contribution in [3.8, 4) is 5.75 Å². The highest BCUT2D eigenvalue weighted by Crippen LogP contribution is 2.23. The summed E-state index contributed by atoms with van der Waals surface area (Å²) in [6, 6.07) is 6.32.